The van der Waals surface area contributed by atoms with E-state index in [2.05, 4.69) is 28.1 Å². The number of rotatable bonds is 2. The molecule has 0 fully saturated rings. The molecule has 19 heavy (non-hydrogen) atoms. The molecule has 1 aliphatic carbocycles. The van der Waals surface area contributed by atoms with Gasteiger partial charge in [-0.15, -0.1) is 11.6 Å². The number of hydrogen-bond acceptors (Lipinski definition) is 0. The van der Waals surface area contributed by atoms with Crippen molar-refractivity contribution in [1.29, 1.82) is 0 Å². The Morgan fingerprint density at radius 3 is 2.74 bits per heavy atom. The van der Waals surface area contributed by atoms with Gasteiger partial charge in [0.25, 0.3) is 0 Å². The lowest BCUT2D eigenvalue weighted by Crippen LogP contribution is -2.07. The fraction of sp³-hybridized carbons (Fsp3) is 0.250. The van der Waals surface area contributed by atoms with Crippen molar-refractivity contribution >= 4 is 27.5 Å². The highest BCUT2D eigenvalue weighted by Gasteiger charge is 2.31. The van der Waals surface area contributed by atoms with Crippen LogP contribution in [0.15, 0.2) is 46.9 Å². The van der Waals surface area contributed by atoms with E-state index in [1.54, 1.807) is 6.07 Å². The Kier molecular flexibility index (Phi) is 3.64. The summed E-state index contributed by atoms with van der Waals surface area (Å²) in [5.41, 5.74) is 3.53. The smallest absolute Gasteiger partial charge is 0.137 e. The van der Waals surface area contributed by atoms with E-state index in [1.165, 1.54) is 17.2 Å². The highest BCUT2D eigenvalue weighted by molar-refractivity contribution is 9.10. The van der Waals surface area contributed by atoms with E-state index in [0.29, 0.717) is 10.4 Å². The zero-order chi connectivity index (χ0) is 13.4. The zero-order valence-electron chi connectivity index (χ0n) is 10.2. The number of fused-ring (bicyclic) bond motifs is 1. The van der Waals surface area contributed by atoms with Crippen LogP contribution in [0.4, 0.5) is 4.39 Å². The molecule has 1 aliphatic rings. The molecule has 98 valence electrons. The maximum Gasteiger partial charge on any atom is 0.137 e. The molecule has 3 rings (SSSR count). The summed E-state index contributed by atoms with van der Waals surface area (Å²) >= 11 is 9.87. The minimum atomic E-state index is -0.209. The average molecular weight is 340 g/mol. The van der Waals surface area contributed by atoms with Gasteiger partial charge >= 0.3 is 0 Å². The molecule has 2 aromatic carbocycles. The molecule has 0 radical (unpaired) electrons. The molecule has 0 saturated heterocycles. The molecule has 0 amide bonds. The maximum absolute atomic E-state index is 13.5. The highest BCUT2D eigenvalue weighted by Crippen LogP contribution is 2.42. The summed E-state index contributed by atoms with van der Waals surface area (Å²) in [4.78, 5) is 0. The van der Waals surface area contributed by atoms with E-state index in [4.69, 9.17) is 11.6 Å². The van der Waals surface area contributed by atoms with Crippen molar-refractivity contribution in [3.63, 3.8) is 0 Å². The quantitative estimate of drug-likeness (QED) is 0.653. The standard InChI is InChI=1S/C16H13BrClF/c17-15-11(5-3-7-14(15)19)9-12-8-10-4-1-2-6-13(10)16(12)18/h1-7,12,16H,8-9H2. The van der Waals surface area contributed by atoms with Crippen molar-refractivity contribution in [1.82, 2.24) is 0 Å². The molecule has 0 bridgehead atoms. The minimum absolute atomic E-state index is 0.0198. The SMILES string of the molecule is Fc1cccc(CC2Cc3ccccc3C2Cl)c1Br. The van der Waals surface area contributed by atoms with Gasteiger partial charge in [0.15, 0.2) is 0 Å². The minimum Gasteiger partial charge on any atom is -0.206 e. The van der Waals surface area contributed by atoms with Crippen LogP contribution >= 0.6 is 27.5 Å². The molecule has 0 saturated carbocycles. The molecule has 0 aromatic heterocycles. The monoisotopic (exact) mass is 338 g/mol. The van der Waals surface area contributed by atoms with E-state index < -0.39 is 0 Å². The molecule has 0 N–H and O–H groups in total. The first-order valence-electron chi connectivity index (χ1n) is 6.31. The summed E-state index contributed by atoms with van der Waals surface area (Å²) in [6.07, 6.45) is 1.76. The topological polar surface area (TPSA) is 0 Å². The van der Waals surface area contributed by atoms with Gasteiger partial charge in [-0.25, -0.2) is 4.39 Å². The van der Waals surface area contributed by atoms with Crippen molar-refractivity contribution in [2.45, 2.75) is 18.2 Å². The Morgan fingerprint density at radius 1 is 1.16 bits per heavy atom. The number of alkyl halides is 1. The van der Waals surface area contributed by atoms with Gasteiger partial charge in [-0.1, -0.05) is 36.4 Å². The summed E-state index contributed by atoms with van der Waals surface area (Å²) in [7, 11) is 0. The summed E-state index contributed by atoms with van der Waals surface area (Å²) < 4.78 is 14.1. The fourth-order valence-corrected chi connectivity index (χ4v) is 3.61. The molecule has 2 unspecified atom stereocenters. The summed E-state index contributed by atoms with van der Waals surface area (Å²) in [5.74, 6) is 0.122. The van der Waals surface area contributed by atoms with Crippen LogP contribution in [0.2, 0.25) is 0 Å². The molecule has 3 heteroatoms. The van der Waals surface area contributed by atoms with Crippen LogP contribution < -0.4 is 0 Å². The number of halogens is 3. The molecule has 0 aliphatic heterocycles. The predicted molar refractivity (Wildman–Crippen MR) is 80.0 cm³/mol. The molecule has 2 atom stereocenters. The molecule has 0 spiro atoms. The molecule has 0 nitrogen and oxygen atoms in total. The maximum atomic E-state index is 13.5. The van der Waals surface area contributed by atoms with Crippen LogP contribution in [0.1, 0.15) is 22.1 Å². The Labute approximate surface area is 125 Å². The van der Waals surface area contributed by atoms with Gasteiger partial charge < -0.3 is 0 Å². The van der Waals surface area contributed by atoms with Crippen LogP contribution in [0.5, 0.6) is 0 Å². The van der Waals surface area contributed by atoms with E-state index in [1.807, 2.05) is 18.2 Å². The predicted octanol–water partition coefficient (Wildman–Crippen LogP) is 5.28. The van der Waals surface area contributed by atoms with Crippen molar-refractivity contribution < 1.29 is 4.39 Å². The second-order valence-electron chi connectivity index (χ2n) is 4.98. The lowest BCUT2D eigenvalue weighted by Gasteiger charge is -2.15. The van der Waals surface area contributed by atoms with Crippen molar-refractivity contribution in [3.05, 3.63) is 69.4 Å². The molecular weight excluding hydrogens is 327 g/mol. The molecular formula is C16H13BrClF. The zero-order valence-corrected chi connectivity index (χ0v) is 12.6. The Hall–Kier alpha value is -0.860. The normalized spacial score (nSPS) is 21.4. The van der Waals surface area contributed by atoms with E-state index in [-0.39, 0.29) is 11.2 Å². The first-order valence-corrected chi connectivity index (χ1v) is 7.54. The Bertz CT molecular complexity index is 611. The number of hydrogen-bond donors (Lipinski definition) is 0. The number of benzene rings is 2. The molecule has 2 aromatic rings. The van der Waals surface area contributed by atoms with Gasteiger partial charge in [0.2, 0.25) is 0 Å². The summed E-state index contributed by atoms with van der Waals surface area (Å²) in [6.45, 7) is 0. The lowest BCUT2D eigenvalue weighted by atomic mass is 9.96. The molecule has 0 heterocycles. The first kappa shape index (κ1) is 13.1. The van der Waals surface area contributed by atoms with Gasteiger partial charge in [-0.2, -0.15) is 0 Å². The second-order valence-corrected chi connectivity index (χ2v) is 6.25. The van der Waals surface area contributed by atoms with Gasteiger partial charge in [0.05, 0.1) is 9.85 Å². The van der Waals surface area contributed by atoms with Gasteiger partial charge in [-0.05, 0) is 57.4 Å². The van der Waals surface area contributed by atoms with Gasteiger partial charge in [-0.3, -0.25) is 0 Å². The van der Waals surface area contributed by atoms with Gasteiger partial charge in [0.1, 0.15) is 5.82 Å². The van der Waals surface area contributed by atoms with Crippen molar-refractivity contribution in [3.8, 4) is 0 Å². The van der Waals surface area contributed by atoms with Crippen LogP contribution in [0, 0.1) is 11.7 Å². The average Bonchev–Trinajstić information content (AvgIpc) is 2.73. The van der Waals surface area contributed by atoms with E-state index >= 15 is 0 Å². The van der Waals surface area contributed by atoms with Crippen LogP contribution in [0.25, 0.3) is 0 Å². The lowest BCUT2D eigenvalue weighted by molar-refractivity contribution is 0.537. The Balaban J connectivity index is 1.85. The first-order chi connectivity index (χ1) is 9.16. The third-order valence-electron chi connectivity index (χ3n) is 3.76. The van der Waals surface area contributed by atoms with Crippen LogP contribution in [-0.2, 0) is 12.8 Å². The largest absolute Gasteiger partial charge is 0.206 e. The van der Waals surface area contributed by atoms with E-state index in [0.717, 1.165) is 18.4 Å². The van der Waals surface area contributed by atoms with Crippen molar-refractivity contribution in [2.24, 2.45) is 5.92 Å². The van der Waals surface area contributed by atoms with Crippen LogP contribution in [-0.4, -0.2) is 0 Å². The highest BCUT2D eigenvalue weighted by atomic mass is 79.9. The third kappa shape index (κ3) is 2.44. The second kappa shape index (κ2) is 5.26. The van der Waals surface area contributed by atoms with Crippen LogP contribution in [0.3, 0.4) is 0 Å². The summed E-state index contributed by atoms with van der Waals surface area (Å²) in [6, 6.07) is 13.5. The van der Waals surface area contributed by atoms with Gasteiger partial charge in [0, 0.05) is 0 Å². The Morgan fingerprint density at radius 2 is 1.95 bits per heavy atom. The fourth-order valence-electron chi connectivity index (χ4n) is 2.79. The van der Waals surface area contributed by atoms with Crippen molar-refractivity contribution in [2.75, 3.05) is 0 Å². The summed E-state index contributed by atoms with van der Waals surface area (Å²) in [5, 5.41) is 0.0198. The third-order valence-corrected chi connectivity index (χ3v) is 5.24. The van der Waals surface area contributed by atoms with E-state index in [9.17, 15) is 4.39 Å².